The molecule has 1 aromatic carbocycles. The molecule has 0 atom stereocenters. The van der Waals surface area contributed by atoms with Crippen LogP contribution in [0.3, 0.4) is 0 Å². The second kappa shape index (κ2) is 3.76. The van der Waals surface area contributed by atoms with E-state index in [9.17, 15) is 0 Å². The molecule has 2 rings (SSSR count). The number of benzene rings is 1. The summed E-state index contributed by atoms with van der Waals surface area (Å²) in [6.45, 7) is 10.1. The highest BCUT2D eigenvalue weighted by atomic mass is 28.4. The van der Waals surface area contributed by atoms with Crippen molar-refractivity contribution in [2.24, 2.45) is 0 Å². The van der Waals surface area contributed by atoms with E-state index in [1.54, 1.807) is 0 Å². The normalized spacial score (nSPS) is 18.5. The van der Waals surface area contributed by atoms with Crippen LogP contribution in [0.15, 0.2) is 24.3 Å². The molecule has 15 heavy (non-hydrogen) atoms. The fourth-order valence-corrected chi connectivity index (χ4v) is 7.73. The number of hydrogen-bond donors (Lipinski definition) is 0. The van der Waals surface area contributed by atoms with Crippen LogP contribution in [0.5, 0.6) is 0 Å². The van der Waals surface area contributed by atoms with Crippen molar-refractivity contribution in [2.45, 2.75) is 45.4 Å². The molecule has 1 heterocycles. The number of rotatable bonds is 2. The van der Waals surface area contributed by atoms with Crippen molar-refractivity contribution >= 4 is 13.5 Å². The van der Waals surface area contributed by atoms with Gasteiger partial charge in [0.1, 0.15) is 0 Å². The van der Waals surface area contributed by atoms with E-state index in [1.807, 2.05) is 0 Å². The van der Waals surface area contributed by atoms with Gasteiger partial charge in [0.25, 0.3) is 0 Å². The second-order valence-corrected chi connectivity index (χ2v) is 9.77. The Kier molecular flexibility index (Phi) is 2.73. The Balaban J connectivity index is 2.54. The van der Waals surface area contributed by atoms with Gasteiger partial charge < -0.3 is 4.43 Å². The summed E-state index contributed by atoms with van der Waals surface area (Å²) in [5.74, 6) is 0. The van der Waals surface area contributed by atoms with Gasteiger partial charge in [-0.3, -0.25) is 0 Å². The van der Waals surface area contributed by atoms with Crippen LogP contribution in [0.1, 0.15) is 33.3 Å². The van der Waals surface area contributed by atoms with E-state index in [0.29, 0.717) is 11.1 Å². The van der Waals surface area contributed by atoms with Crippen LogP contribution >= 0.6 is 0 Å². The summed E-state index contributed by atoms with van der Waals surface area (Å²) in [5.41, 5.74) is 2.73. The molecular weight excluding hydrogens is 200 g/mol. The molecule has 0 unspecified atom stereocenters. The summed E-state index contributed by atoms with van der Waals surface area (Å²) in [6.07, 6.45) is 0. The largest absolute Gasteiger partial charge is 0.408 e. The molecule has 0 N–H and O–H groups in total. The average Bonchev–Trinajstić information content (AvgIpc) is 2.57. The number of hydrogen-bond acceptors (Lipinski definition) is 1. The van der Waals surface area contributed by atoms with Gasteiger partial charge in [-0.15, -0.1) is 0 Å². The van der Waals surface area contributed by atoms with Crippen LogP contribution in [0.25, 0.3) is 0 Å². The first-order chi connectivity index (χ1) is 7.09. The highest BCUT2D eigenvalue weighted by Gasteiger charge is 2.48. The van der Waals surface area contributed by atoms with Crippen molar-refractivity contribution in [1.82, 2.24) is 0 Å². The summed E-state index contributed by atoms with van der Waals surface area (Å²) in [5, 5.41) is 1.54. The standard InChI is InChI=1S/C13H20OSi/c1-10(2)15(11(3)4)13-8-6-5-7-12(13)9-14-15/h5-8,10-11H,9H2,1-4H3. The fraction of sp³-hybridized carbons (Fsp3) is 0.538. The maximum absolute atomic E-state index is 6.27. The first kappa shape index (κ1) is 10.9. The zero-order valence-corrected chi connectivity index (χ0v) is 11.1. The van der Waals surface area contributed by atoms with Crippen LogP contribution in [0, 0.1) is 0 Å². The van der Waals surface area contributed by atoms with Gasteiger partial charge in [0.2, 0.25) is 8.32 Å². The van der Waals surface area contributed by atoms with Gasteiger partial charge in [-0.1, -0.05) is 52.0 Å². The van der Waals surface area contributed by atoms with Gasteiger partial charge in [0.05, 0.1) is 6.61 Å². The Morgan fingerprint density at radius 2 is 1.67 bits per heavy atom. The summed E-state index contributed by atoms with van der Waals surface area (Å²) in [6, 6.07) is 8.77. The lowest BCUT2D eigenvalue weighted by Crippen LogP contribution is -2.52. The highest BCUT2D eigenvalue weighted by Crippen LogP contribution is 2.37. The molecule has 1 aliphatic rings. The Bertz CT molecular complexity index is 349. The lowest BCUT2D eigenvalue weighted by molar-refractivity contribution is 0.299. The van der Waals surface area contributed by atoms with Crippen LogP contribution in [-0.4, -0.2) is 8.32 Å². The predicted molar refractivity (Wildman–Crippen MR) is 66.8 cm³/mol. The Hall–Kier alpha value is -0.603. The molecule has 82 valence electrons. The van der Waals surface area contributed by atoms with Crippen molar-refractivity contribution in [1.29, 1.82) is 0 Å². The summed E-state index contributed by atoms with van der Waals surface area (Å²) >= 11 is 0. The molecule has 0 aliphatic carbocycles. The first-order valence-electron chi connectivity index (χ1n) is 5.81. The van der Waals surface area contributed by atoms with Crippen LogP contribution in [-0.2, 0) is 11.0 Å². The molecule has 0 radical (unpaired) electrons. The number of fused-ring (bicyclic) bond motifs is 1. The summed E-state index contributed by atoms with van der Waals surface area (Å²) in [4.78, 5) is 0. The fourth-order valence-electron chi connectivity index (χ4n) is 2.92. The van der Waals surface area contributed by atoms with Gasteiger partial charge in [0.15, 0.2) is 0 Å². The van der Waals surface area contributed by atoms with Gasteiger partial charge in [-0.2, -0.15) is 0 Å². The average molecular weight is 220 g/mol. The zero-order chi connectivity index (χ0) is 11.1. The monoisotopic (exact) mass is 220 g/mol. The van der Waals surface area contributed by atoms with Crippen LogP contribution in [0.2, 0.25) is 11.1 Å². The van der Waals surface area contributed by atoms with E-state index in [2.05, 4.69) is 52.0 Å². The van der Waals surface area contributed by atoms with E-state index in [0.717, 1.165) is 6.61 Å². The minimum Gasteiger partial charge on any atom is -0.408 e. The van der Waals surface area contributed by atoms with Crippen molar-refractivity contribution in [3.8, 4) is 0 Å². The van der Waals surface area contributed by atoms with E-state index in [-0.39, 0.29) is 0 Å². The molecule has 1 aliphatic heterocycles. The van der Waals surface area contributed by atoms with Gasteiger partial charge in [0, 0.05) is 0 Å². The Labute approximate surface area is 93.6 Å². The molecule has 0 aromatic heterocycles. The molecule has 0 saturated carbocycles. The molecule has 0 amide bonds. The predicted octanol–water partition coefficient (Wildman–Crippen LogP) is 3.19. The molecular formula is C13H20OSi. The van der Waals surface area contributed by atoms with E-state index < -0.39 is 8.32 Å². The first-order valence-corrected chi connectivity index (χ1v) is 7.87. The summed E-state index contributed by atoms with van der Waals surface area (Å²) in [7, 11) is -1.71. The SMILES string of the molecule is CC(C)[Si]1(C(C)C)OCc2ccccc21. The highest BCUT2D eigenvalue weighted by molar-refractivity contribution is 6.89. The lowest BCUT2D eigenvalue weighted by atomic mass is 10.2. The molecule has 0 saturated heterocycles. The zero-order valence-electron chi connectivity index (χ0n) is 10.1. The molecule has 2 heteroatoms. The quantitative estimate of drug-likeness (QED) is 0.696. The lowest BCUT2D eigenvalue weighted by Gasteiger charge is -2.34. The van der Waals surface area contributed by atoms with Crippen molar-refractivity contribution in [2.75, 3.05) is 0 Å². The maximum Gasteiger partial charge on any atom is 0.230 e. The van der Waals surface area contributed by atoms with Gasteiger partial charge in [-0.05, 0) is 21.8 Å². The molecule has 0 spiro atoms. The maximum atomic E-state index is 6.27. The van der Waals surface area contributed by atoms with Gasteiger partial charge in [-0.25, -0.2) is 0 Å². The minimum absolute atomic E-state index is 0.654. The topological polar surface area (TPSA) is 9.23 Å². The van der Waals surface area contributed by atoms with Gasteiger partial charge >= 0.3 is 0 Å². The van der Waals surface area contributed by atoms with Crippen LogP contribution < -0.4 is 5.19 Å². The third kappa shape index (κ3) is 1.47. The van der Waals surface area contributed by atoms with E-state index in [4.69, 9.17) is 4.43 Å². The van der Waals surface area contributed by atoms with Crippen molar-refractivity contribution in [3.05, 3.63) is 29.8 Å². The van der Waals surface area contributed by atoms with Crippen molar-refractivity contribution in [3.63, 3.8) is 0 Å². The minimum atomic E-state index is -1.71. The third-order valence-electron chi connectivity index (χ3n) is 3.62. The van der Waals surface area contributed by atoms with E-state index >= 15 is 0 Å². The smallest absolute Gasteiger partial charge is 0.230 e. The Morgan fingerprint density at radius 1 is 1.07 bits per heavy atom. The van der Waals surface area contributed by atoms with Crippen LogP contribution in [0.4, 0.5) is 0 Å². The third-order valence-corrected chi connectivity index (χ3v) is 9.00. The second-order valence-electron chi connectivity index (χ2n) is 5.05. The Morgan fingerprint density at radius 3 is 2.27 bits per heavy atom. The van der Waals surface area contributed by atoms with Crippen molar-refractivity contribution < 1.29 is 4.43 Å². The molecule has 1 nitrogen and oxygen atoms in total. The molecule has 0 bridgehead atoms. The molecule has 0 fully saturated rings. The summed E-state index contributed by atoms with van der Waals surface area (Å²) < 4.78 is 6.27. The van der Waals surface area contributed by atoms with E-state index in [1.165, 1.54) is 10.8 Å². The molecule has 1 aromatic rings.